The Morgan fingerprint density at radius 3 is 1.81 bits per heavy atom. The van der Waals surface area contributed by atoms with Gasteiger partial charge in [0, 0.05) is 19.3 Å². The van der Waals surface area contributed by atoms with E-state index in [4.69, 9.17) is 0 Å². The molecule has 0 aliphatic rings. The van der Waals surface area contributed by atoms with Crippen LogP contribution >= 0.6 is 0 Å². The molecule has 0 spiro atoms. The minimum absolute atomic E-state index is 0. The van der Waals surface area contributed by atoms with Gasteiger partial charge in [-0.15, -0.1) is 0 Å². The SMILES string of the molecule is CNC(=O)C(=O)NCCCC/C=C\CCCCCCCCCS(=O)(=O)[O-].[Na+]. The Morgan fingerprint density at radius 2 is 1.30 bits per heavy atom. The monoisotopic (exact) mass is 412 g/mol. The number of likely N-dealkylation sites (N-methyl/N-ethyl adjacent to an activating group) is 1. The second kappa shape index (κ2) is 18.9. The normalized spacial score (nSPS) is 11.2. The molecule has 2 amide bonds. The smallest absolute Gasteiger partial charge is 0.748 e. The van der Waals surface area contributed by atoms with Gasteiger partial charge in [0.1, 0.15) is 0 Å². The summed E-state index contributed by atoms with van der Waals surface area (Å²) in [5, 5.41) is 4.84. The van der Waals surface area contributed by atoms with Crippen molar-refractivity contribution in [1.29, 1.82) is 0 Å². The molecule has 7 nitrogen and oxygen atoms in total. The maximum Gasteiger partial charge on any atom is 1.00 e. The Bertz CT molecular complexity index is 524. The third-order valence-electron chi connectivity index (χ3n) is 3.95. The van der Waals surface area contributed by atoms with Gasteiger partial charge in [-0.2, -0.15) is 0 Å². The van der Waals surface area contributed by atoms with Crippen LogP contribution in [0.4, 0.5) is 0 Å². The summed E-state index contributed by atoms with van der Waals surface area (Å²) >= 11 is 0. The van der Waals surface area contributed by atoms with E-state index in [9.17, 15) is 22.6 Å². The van der Waals surface area contributed by atoms with Crippen molar-refractivity contribution in [2.24, 2.45) is 0 Å². The molecule has 0 heterocycles. The number of nitrogens with one attached hydrogen (secondary N) is 2. The van der Waals surface area contributed by atoms with Crippen LogP contribution in [0.15, 0.2) is 12.2 Å². The van der Waals surface area contributed by atoms with Crippen molar-refractivity contribution in [2.75, 3.05) is 19.3 Å². The molecule has 152 valence electrons. The number of rotatable bonds is 15. The van der Waals surface area contributed by atoms with E-state index in [2.05, 4.69) is 22.8 Å². The van der Waals surface area contributed by atoms with Crippen molar-refractivity contribution in [3.63, 3.8) is 0 Å². The minimum atomic E-state index is -4.04. The van der Waals surface area contributed by atoms with Gasteiger partial charge in [-0.05, 0) is 38.5 Å². The number of amides is 2. The van der Waals surface area contributed by atoms with Crippen LogP contribution in [-0.2, 0) is 19.7 Å². The van der Waals surface area contributed by atoms with Crippen LogP contribution in [0.1, 0.15) is 70.6 Å². The minimum Gasteiger partial charge on any atom is -0.748 e. The molecular formula is C18H33N2NaO5S. The number of hydrogen-bond donors (Lipinski definition) is 2. The number of allylic oxidation sites excluding steroid dienone is 2. The molecule has 0 aromatic rings. The van der Waals surface area contributed by atoms with Crippen molar-refractivity contribution in [3.05, 3.63) is 12.2 Å². The van der Waals surface area contributed by atoms with Gasteiger partial charge in [0.2, 0.25) is 0 Å². The van der Waals surface area contributed by atoms with Crippen molar-refractivity contribution in [1.82, 2.24) is 10.6 Å². The zero-order chi connectivity index (χ0) is 19.7. The van der Waals surface area contributed by atoms with E-state index in [1.54, 1.807) is 0 Å². The molecule has 9 heteroatoms. The van der Waals surface area contributed by atoms with E-state index in [0.29, 0.717) is 13.0 Å². The van der Waals surface area contributed by atoms with Crippen molar-refractivity contribution < 1.29 is 52.1 Å². The third-order valence-corrected chi connectivity index (χ3v) is 4.74. The van der Waals surface area contributed by atoms with Gasteiger partial charge in [0.15, 0.2) is 0 Å². The number of unbranched alkanes of at least 4 members (excludes halogenated alkanes) is 9. The van der Waals surface area contributed by atoms with Gasteiger partial charge in [0.05, 0.1) is 10.1 Å². The van der Waals surface area contributed by atoms with Crippen LogP contribution in [0.3, 0.4) is 0 Å². The summed E-state index contributed by atoms with van der Waals surface area (Å²) in [4.78, 5) is 22.1. The molecule has 0 radical (unpaired) electrons. The van der Waals surface area contributed by atoms with Crippen LogP contribution in [0.2, 0.25) is 0 Å². The molecule has 0 aliphatic heterocycles. The Labute approximate surface area is 186 Å². The summed E-state index contributed by atoms with van der Waals surface area (Å²) in [6, 6.07) is 0. The fourth-order valence-corrected chi connectivity index (χ4v) is 3.00. The zero-order valence-corrected chi connectivity index (χ0v) is 19.6. The van der Waals surface area contributed by atoms with Crippen LogP contribution < -0.4 is 40.2 Å². The molecule has 0 fully saturated rings. The average Bonchev–Trinajstić information content (AvgIpc) is 2.59. The van der Waals surface area contributed by atoms with E-state index in [-0.39, 0.29) is 35.3 Å². The van der Waals surface area contributed by atoms with Crippen LogP contribution in [0, 0.1) is 0 Å². The fourth-order valence-electron chi connectivity index (χ4n) is 2.44. The van der Waals surface area contributed by atoms with E-state index in [1.165, 1.54) is 7.05 Å². The predicted octanol–water partition coefficient (Wildman–Crippen LogP) is -0.755. The quantitative estimate of drug-likeness (QED) is 0.121. The van der Waals surface area contributed by atoms with Crippen LogP contribution in [0.25, 0.3) is 0 Å². The maximum absolute atomic E-state index is 11.2. The molecule has 0 aliphatic carbocycles. The van der Waals surface area contributed by atoms with Gasteiger partial charge in [-0.25, -0.2) is 8.42 Å². The first-order valence-corrected chi connectivity index (χ1v) is 11.0. The van der Waals surface area contributed by atoms with Gasteiger partial charge in [-0.1, -0.05) is 44.3 Å². The molecule has 0 bridgehead atoms. The van der Waals surface area contributed by atoms with Crippen molar-refractivity contribution in [3.8, 4) is 0 Å². The molecule has 0 saturated carbocycles. The Kier molecular flexibility index (Phi) is 20.2. The van der Waals surface area contributed by atoms with Crippen molar-refractivity contribution in [2.45, 2.75) is 70.6 Å². The summed E-state index contributed by atoms with van der Waals surface area (Å²) in [5.41, 5.74) is 0. The van der Waals surface area contributed by atoms with Crippen LogP contribution in [0.5, 0.6) is 0 Å². The second-order valence-corrected chi connectivity index (χ2v) is 7.85. The Morgan fingerprint density at radius 1 is 0.815 bits per heavy atom. The molecule has 0 saturated heterocycles. The maximum atomic E-state index is 11.2. The topological polar surface area (TPSA) is 115 Å². The first-order valence-electron chi connectivity index (χ1n) is 9.45. The molecule has 0 unspecified atom stereocenters. The number of carbonyl (C=O) groups excluding carboxylic acids is 2. The Balaban J connectivity index is 0. The fraction of sp³-hybridized carbons (Fsp3) is 0.778. The molecule has 0 rings (SSSR count). The predicted molar refractivity (Wildman–Crippen MR) is 102 cm³/mol. The molecule has 0 atom stereocenters. The third kappa shape index (κ3) is 21.7. The zero-order valence-electron chi connectivity index (χ0n) is 16.8. The molecule has 2 N–H and O–H groups in total. The first kappa shape index (κ1) is 28.8. The van der Waals surface area contributed by atoms with Gasteiger partial charge in [-0.3, -0.25) is 9.59 Å². The van der Waals surface area contributed by atoms with Crippen molar-refractivity contribution >= 4 is 21.9 Å². The van der Waals surface area contributed by atoms with Gasteiger partial charge >= 0.3 is 41.4 Å². The van der Waals surface area contributed by atoms with E-state index in [0.717, 1.165) is 64.2 Å². The molecule has 27 heavy (non-hydrogen) atoms. The molecule has 0 aromatic heterocycles. The van der Waals surface area contributed by atoms with Crippen LogP contribution in [-0.4, -0.2) is 44.1 Å². The van der Waals surface area contributed by atoms with Gasteiger partial charge < -0.3 is 15.2 Å². The summed E-state index contributed by atoms with van der Waals surface area (Å²) < 4.78 is 31.3. The largest absolute Gasteiger partial charge is 1.00 e. The number of hydrogen-bond acceptors (Lipinski definition) is 5. The average molecular weight is 413 g/mol. The van der Waals surface area contributed by atoms with Gasteiger partial charge in [0.25, 0.3) is 0 Å². The molecule has 0 aromatic carbocycles. The van der Waals surface area contributed by atoms with E-state index >= 15 is 0 Å². The van der Waals surface area contributed by atoms with E-state index < -0.39 is 21.9 Å². The summed E-state index contributed by atoms with van der Waals surface area (Å²) in [7, 11) is -2.61. The van der Waals surface area contributed by atoms with E-state index in [1.807, 2.05) is 0 Å². The number of carbonyl (C=O) groups is 2. The Hall–Kier alpha value is -0.410. The standard InChI is InChI=1S/C18H34N2O5S.Na/c1-19-17(21)18(22)20-15-13-11-9-7-5-3-2-4-6-8-10-12-14-16-26(23,24)25;/h5,7H,2-4,6,8-16H2,1H3,(H,19,21)(H,20,22)(H,23,24,25);/q;+1/p-1/b7-5-;. The first-order chi connectivity index (χ1) is 12.4. The summed E-state index contributed by atoms with van der Waals surface area (Å²) in [6.07, 6.45) is 15.0. The second-order valence-electron chi connectivity index (χ2n) is 6.33. The summed E-state index contributed by atoms with van der Waals surface area (Å²) in [5.74, 6) is -1.43. The summed E-state index contributed by atoms with van der Waals surface area (Å²) in [6.45, 7) is 0.515. The molecular weight excluding hydrogens is 379 g/mol.